The predicted octanol–water partition coefficient (Wildman–Crippen LogP) is -4.62. The molecule has 2 unspecified atom stereocenters. The molecular weight excluding hydrogens is 248 g/mol. The smallest absolute Gasteiger partial charge is 0.300 e. The van der Waals surface area contributed by atoms with Crippen molar-refractivity contribution in [2.24, 2.45) is 0 Å². The maximum Gasteiger partial charge on any atom is 0.300 e. The van der Waals surface area contributed by atoms with Crippen molar-refractivity contribution in [3.8, 4) is 0 Å². The third kappa shape index (κ3) is 1.63. The molecule has 1 rings (SSSR count). The Morgan fingerprint density at radius 3 is 1.38 bits per heavy atom. The first-order valence-corrected chi connectivity index (χ1v) is 5.59. The van der Waals surface area contributed by atoms with Gasteiger partial charge in [0.2, 0.25) is 4.93 Å². The van der Waals surface area contributed by atoms with Crippen LogP contribution in [0.25, 0.3) is 0 Å². The van der Waals surface area contributed by atoms with E-state index in [0.717, 1.165) is 0 Å². The third-order valence-electron chi connectivity index (χ3n) is 2.61. The van der Waals surface area contributed by atoms with Crippen LogP contribution in [0.15, 0.2) is 0 Å². The first-order valence-electron chi connectivity index (χ1n) is 4.15. The molecule has 10 heteroatoms. The summed E-state index contributed by atoms with van der Waals surface area (Å²) in [6.45, 7) is 0. The van der Waals surface area contributed by atoms with Gasteiger partial charge in [0, 0.05) is 0 Å². The summed E-state index contributed by atoms with van der Waals surface area (Å²) in [5.74, 6) is 0. The maximum atomic E-state index is 10.8. The van der Waals surface area contributed by atoms with Crippen molar-refractivity contribution in [3.63, 3.8) is 0 Å². The summed E-state index contributed by atoms with van der Waals surface area (Å²) >= 11 is 0. The van der Waals surface area contributed by atoms with Crippen molar-refractivity contribution in [1.82, 2.24) is 0 Å². The zero-order chi connectivity index (χ0) is 12.9. The van der Waals surface area contributed by atoms with Gasteiger partial charge in [-0.05, 0) is 0 Å². The van der Waals surface area contributed by atoms with E-state index in [2.05, 4.69) is 0 Å². The minimum atomic E-state index is -5.39. The third-order valence-corrected chi connectivity index (χ3v) is 3.92. The van der Waals surface area contributed by atoms with Crippen molar-refractivity contribution in [1.29, 1.82) is 0 Å². The van der Waals surface area contributed by atoms with Crippen molar-refractivity contribution in [2.75, 3.05) is 0 Å². The van der Waals surface area contributed by atoms with Crippen LogP contribution < -0.4 is 0 Å². The van der Waals surface area contributed by atoms with E-state index in [4.69, 9.17) is 19.9 Å². The topological polar surface area (TPSA) is 176 Å². The van der Waals surface area contributed by atoms with E-state index in [1.165, 1.54) is 0 Å². The second kappa shape index (κ2) is 3.85. The summed E-state index contributed by atoms with van der Waals surface area (Å²) in [4.78, 5) is -3.56. The van der Waals surface area contributed by atoms with Gasteiger partial charge >= 0.3 is 10.1 Å². The van der Waals surface area contributed by atoms with E-state index in [0.29, 0.717) is 0 Å². The van der Waals surface area contributed by atoms with Gasteiger partial charge in [0.1, 0.15) is 30.5 Å². The van der Waals surface area contributed by atoms with E-state index < -0.39 is 45.6 Å². The molecular formula is C6H12O9S. The van der Waals surface area contributed by atoms with Crippen LogP contribution >= 0.6 is 0 Å². The zero-order valence-corrected chi connectivity index (χ0v) is 8.56. The Hall–Kier alpha value is -0.330. The van der Waals surface area contributed by atoms with Crippen LogP contribution in [0.4, 0.5) is 0 Å². The van der Waals surface area contributed by atoms with Crippen molar-refractivity contribution in [2.45, 2.75) is 35.5 Å². The standard InChI is InChI=1S/C6H12O9S/c7-1-2(8)4(10)6(12,16(13,14)15)5(11)3(1)9/h1-5,7-12H,(H,13,14,15)/t1?,2-,3+,4-,5-,6?/m1/s1. The van der Waals surface area contributed by atoms with Crippen molar-refractivity contribution < 1.29 is 43.6 Å². The molecule has 0 bridgehead atoms. The fourth-order valence-corrected chi connectivity index (χ4v) is 2.43. The number of aliphatic hydroxyl groups excluding tert-OH is 5. The average molecular weight is 260 g/mol. The summed E-state index contributed by atoms with van der Waals surface area (Å²) in [5.41, 5.74) is 0. The molecule has 96 valence electrons. The summed E-state index contributed by atoms with van der Waals surface area (Å²) in [5, 5.41) is 55.2. The van der Waals surface area contributed by atoms with Crippen molar-refractivity contribution >= 4 is 10.1 Å². The number of hydrogen-bond acceptors (Lipinski definition) is 8. The molecule has 7 N–H and O–H groups in total. The van der Waals surface area contributed by atoms with E-state index in [1.807, 2.05) is 0 Å². The Morgan fingerprint density at radius 1 is 0.812 bits per heavy atom. The van der Waals surface area contributed by atoms with Crippen LogP contribution in [0.5, 0.6) is 0 Å². The van der Waals surface area contributed by atoms with Gasteiger partial charge < -0.3 is 30.6 Å². The second-order valence-electron chi connectivity index (χ2n) is 3.59. The zero-order valence-electron chi connectivity index (χ0n) is 7.74. The molecule has 0 aromatic heterocycles. The lowest BCUT2D eigenvalue weighted by Gasteiger charge is -2.45. The van der Waals surface area contributed by atoms with Crippen LogP contribution in [0, 0.1) is 0 Å². The molecule has 0 aromatic carbocycles. The molecule has 0 saturated heterocycles. The van der Waals surface area contributed by atoms with E-state index in [-0.39, 0.29) is 0 Å². The van der Waals surface area contributed by atoms with Crippen LogP contribution in [-0.4, -0.2) is 79.1 Å². The van der Waals surface area contributed by atoms with E-state index >= 15 is 0 Å². The largest absolute Gasteiger partial charge is 0.387 e. The van der Waals surface area contributed by atoms with E-state index in [1.54, 1.807) is 0 Å². The van der Waals surface area contributed by atoms with Crippen LogP contribution in [-0.2, 0) is 10.1 Å². The average Bonchev–Trinajstić information content (AvgIpc) is 2.19. The molecule has 0 aromatic rings. The highest BCUT2D eigenvalue weighted by atomic mass is 32.2. The molecule has 1 aliphatic rings. The van der Waals surface area contributed by atoms with Gasteiger partial charge in [0.05, 0.1) is 0 Å². The number of hydrogen-bond donors (Lipinski definition) is 7. The Bertz CT molecular complexity index is 348. The second-order valence-corrected chi connectivity index (χ2v) is 5.19. The van der Waals surface area contributed by atoms with E-state index in [9.17, 15) is 23.7 Å². The molecule has 1 fully saturated rings. The first kappa shape index (κ1) is 13.7. The molecule has 0 spiro atoms. The van der Waals surface area contributed by atoms with Gasteiger partial charge in [-0.2, -0.15) is 8.42 Å². The van der Waals surface area contributed by atoms with Gasteiger partial charge in [-0.15, -0.1) is 0 Å². The van der Waals surface area contributed by atoms with Gasteiger partial charge in [-0.1, -0.05) is 0 Å². The van der Waals surface area contributed by atoms with Crippen molar-refractivity contribution in [3.05, 3.63) is 0 Å². The summed E-state index contributed by atoms with van der Waals surface area (Å²) in [6.07, 6.45) is -11.7. The molecule has 16 heavy (non-hydrogen) atoms. The Balaban J connectivity index is 3.29. The normalized spacial score (nSPS) is 50.3. The Kier molecular flexibility index (Phi) is 3.31. The first-order chi connectivity index (χ1) is 7.05. The van der Waals surface area contributed by atoms with Gasteiger partial charge in [-0.3, -0.25) is 4.55 Å². The lowest BCUT2D eigenvalue weighted by Crippen LogP contribution is -2.73. The van der Waals surface area contributed by atoms with Gasteiger partial charge in [0.15, 0.2) is 0 Å². The molecule has 6 atom stereocenters. The summed E-state index contributed by atoms with van der Waals surface area (Å²) < 4.78 is 30.3. The highest BCUT2D eigenvalue weighted by molar-refractivity contribution is 7.87. The molecule has 1 aliphatic carbocycles. The molecule has 0 amide bonds. The SMILES string of the molecule is O=S(=O)(O)C1(O)[C@H](O)[C@H](O)C(O)[C@H](O)[C@H]1O. The predicted molar refractivity (Wildman–Crippen MR) is 46.5 cm³/mol. The maximum absolute atomic E-state index is 10.8. The Morgan fingerprint density at radius 2 is 1.12 bits per heavy atom. The monoisotopic (exact) mass is 260 g/mol. The molecule has 0 aliphatic heterocycles. The quantitative estimate of drug-likeness (QED) is 0.228. The molecule has 9 nitrogen and oxygen atoms in total. The number of rotatable bonds is 1. The summed E-state index contributed by atoms with van der Waals surface area (Å²) in [6, 6.07) is 0. The highest BCUT2D eigenvalue weighted by Gasteiger charge is 2.64. The summed E-state index contributed by atoms with van der Waals surface area (Å²) in [7, 11) is -5.39. The highest BCUT2D eigenvalue weighted by Crippen LogP contribution is 2.33. The van der Waals surface area contributed by atoms with Crippen LogP contribution in [0.2, 0.25) is 0 Å². The minimum absolute atomic E-state index is 2.06. The van der Waals surface area contributed by atoms with Crippen LogP contribution in [0.3, 0.4) is 0 Å². The lowest BCUT2D eigenvalue weighted by molar-refractivity contribution is -0.239. The molecule has 0 heterocycles. The fraction of sp³-hybridized carbons (Fsp3) is 1.00. The number of aliphatic hydroxyl groups is 6. The fourth-order valence-electron chi connectivity index (χ4n) is 1.55. The lowest BCUT2D eigenvalue weighted by atomic mass is 9.84. The Labute approximate surface area is 90.0 Å². The van der Waals surface area contributed by atoms with Gasteiger partial charge in [0.25, 0.3) is 0 Å². The van der Waals surface area contributed by atoms with Gasteiger partial charge in [-0.25, -0.2) is 0 Å². The molecule has 1 saturated carbocycles. The van der Waals surface area contributed by atoms with Crippen LogP contribution in [0.1, 0.15) is 0 Å². The minimum Gasteiger partial charge on any atom is -0.387 e. The molecule has 0 radical (unpaired) electrons.